The van der Waals surface area contributed by atoms with Gasteiger partial charge in [-0.25, -0.2) is 9.18 Å². The zero-order valence-electron chi connectivity index (χ0n) is 9.74. The maximum atomic E-state index is 12.7. The molecule has 5 N–H and O–H groups in total. The van der Waals surface area contributed by atoms with Crippen LogP contribution in [-0.2, 0) is 0 Å². The van der Waals surface area contributed by atoms with Gasteiger partial charge in [-0.3, -0.25) is 5.41 Å². The van der Waals surface area contributed by atoms with Crippen molar-refractivity contribution in [3.8, 4) is 0 Å². The van der Waals surface area contributed by atoms with Crippen molar-refractivity contribution in [2.75, 3.05) is 5.32 Å². The van der Waals surface area contributed by atoms with Gasteiger partial charge in [0.25, 0.3) is 0 Å². The second-order valence-electron chi connectivity index (χ2n) is 4.38. The van der Waals surface area contributed by atoms with Crippen LogP contribution in [-0.4, -0.2) is 17.9 Å². The van der Waals surface area contributed by atoms with Crippen LogP contribution in [0.25, 0.3) is 0 Å². The Morgan fingerprint density at radius 1 is 1.39 bits per heavy atom. The molecule has 18 heavy (non-hydrogen) atoms. The Morgan fingerprint density at radius 3 is 2.50 bits per heavy atom. The second-order valence-corrected chi connectivity index (χ2v) is 4.38. The van der Waals surface area contributed by atoms with Gasteiger partial charge in [-0.1, -0.05) is 0 Å². The molecular formula is C12H15FN4O. The number of carbonyl (C=O) groups is 1. The predicted molar refractivity (Wildman–Crippen MR) is 67.0 cm³/mol. The van der Waals surface area contributed by atoms with Crippen molar-refractivity contribution in [3.63, 3.8) is 0 Å². The van der Waals surface area contributed by atoms with Crippen molar-refractivity contribution in [3.05, 3.63) is 30.1 Å². The molecule has 0 bridgehead atoms. The lowest BCUT2D eigenvalue weighted by Crippen LogP contribution is -2.47. The van der Waals surface area contributed by atoms with E-state index in [0.29, 0.717) is 5.69 Å². The quantitative estimate of drug-likeness (QED) is 0.483. The molecule has 96 valence electrons. The van der Waals surface area contributed by atoms with E-state index in [0.717, 1.165) is 12.8 Å². The van der Waals surface area contributed by atoms with Gasteiger partial charge in [-0.2, -0.15) is 0 Å². The van der Waals surface area contributed by atoms with Crippen LogP contribution in [0.15, 0.2) is 24.3 Å². The highest BCUT2D eigenvalue weighted by Gasteiger charge is 2.34. The Hall–Kier alpha value is -2.11. The Kier molecular flexibility index (Phi) is 3.45. The normalized spacial score (nSPS) is 15.8. The summed E-state index contributed by atoms with van der Waals surface area (Å²) >= 11 is 0. The molecule has 0 heterocycles. The fraction of sp³-hybridized carbons (Fsp3) is 0.333. The smallest absolute Gasteiger partial charge is 0.319 e. The SMILES string of the molecule is N=C(N)C(NC(=O)Nc1ccc(F)cc1)C1CC1. The molecule has 1 aromatic carbocycles. The highest BCUT2D eigenvalue weighted by atomic mass is 19.1. The monoisotopic (exact) mass is 250 g/mol. The third kappa shape index (κ3) is 3.19. The molecule has 0 spiro atoms. The van der Waals surface area contributed by atoms with Gasteiger partial charge in [0.15, 0.2) is 0 Å². The molecule has 5 nitrogen and oxygen atoms in total. The summed E-state index contributed by atoms with van der Waals surface area (Å²) in [5, 5.41) is 12.6. The van der Waals surface area contributed by atoms with E-state index in [-0.39, 0.29) is 17.6 Å². The lowest BCUT2D eigenvalue weighted by molar-refractivity contribution is 0.250. The fourth-order valence-corrected chi connectivity index (χ4v) is 1.72. The second kappa shape index (κ2) is 5.03. The van der Waals surface area contributed by atoms with Gasteiger partial charge >= 0.3 is 6.03 Å². The first-order chi connectivity index (χ1) is 8.56. The minimum absolute atomic E-state index is 0.0354. The number of anilines is 1. The zero-order chi connectivity index (χ0) is 13.1. The van der Waals surface area contributed by atoms with Gasteiger partial charge in [0.05, 0.1) is 6.04 Å². The summed E-state index contributed by atoms with van der Waals surface area (Å²) in [7, 11) is 0. The van der Waals surface area contributed by atoms with E-state index in [1.807, 2.05) is 0 Å². The van der Waals surface area contributed by atoms with Gasteiger partial charge < -0.3 is 16.4 Å². The number of urea groups is 1. The Labute approximate surface area is 104 Å². The van der Waals surface area contributed by atoms with Gasteiger partial charge in [0, 0.05) is 5.69 Å². The average Bonchev–Trinajstić information content (AvgIpc) is 3.13. The molecule has 1 unspecified atom stereocenters. The summed E-state index contributed by atoms with van der Waals surface area (Å²) in [6.07, 6.45) is 1.95. The van der Waals surface area contributed by atoms with Gasteiger partial charge in [0.2, 0.25) is 0 Å². The maximum Gasteiger partial charge on any atom is 0.319 e. The standard InChI is InChI=1S/C12H15FN4O/c13-8-3-5-9(6-4-8)16-12(18)17-10(11(14)15)7-1-2-7/h3-7,10H,1-2H2,(H3,14,15)(H2,16,17,18). The Morgan fingerprint density at radius 2 is 2.00 bits per heavy atom. The summed E-state index contributed by atoms with van der Waals surface area (Å²) in [6.45, 7) is 0. The van der Waals surface area contributed by atoms with Crippen LogP contribution < -0.4 is 16.4 Å². The zero-order valence-corrected chi connectivity index (χ0v) is 9.74. The maximum absolute atomic E-state index is 12.7. The number of hydrogen-bond acceptors (Lipinski definition) is 2. The van der Waals surface area contributed by atoms with Crippen LogP contribution in [0.4, 0.5) is 14.9 Å². The summed E-state index contributed by atoms with van der Waals surface area (Å²) < 4.78 is 12.7. The van der Waals surface area contributed by atoms with Crippen LogP contribution >= 0.6 is 0 Å². The molecule has 1 fully saturated rings. The van der Waals surface area contributed by atoms with Gasteiger partial charge in [-0.05, 0) is 43.0 Å². The topological polar surface area (TPSA) is 91.0 Å². The molecule has 1 aliphatic rings. The number of amides is 2. The number of nitrogens with one attached hydrogen (secondary N) is 3. The summed E-state index contributed by atoms with van der Waals surface area (Å²) in [5.74, 6) is -0.131. The summed E-state index contributed by atoms with van der Waals surface area (Å²) in [5.41, 5.74) is 5.92. The highest BCUT2D eigenvalue weighted by Crippen LogP contribution is 2.32. The molecule has 1 aromatic rings. The van der Waals surface area contributed by atoms with E-state index < -0.39 is 12.1 Å². The van der Waals surface area contributed by atoms with E-state index in [1.165, 1.54) is 24.3 Å². The van der Waals surface area contributed by atoms with Crippen molar-refractivity contribution in [1.82, 2.24) is 5.32 Å². The van der Waals surface area contributed by atoms with Crippen LogP contribution in [0.2, 0.25) is 0 Å². The number of nitrogens with two attached hydrogens (primary N) is 1. The molecule has 1 aliphatic carbocycles. The van der Waals surface area contributed by atoms with E-state index >= 15 is 0 Å². The van der Waals surface area contributed by atoms with Crippen LogP contribution in [0, 0.1) is 17.1 Å². The first-order valence-corrected chi connectivity index (χ1v) is 5.73. The molecule has 0 radical (unpaired) electrons. The first-order valence-electron chi connectivity index (χ1n) is 5.73. The van der Waals surface area contributed by atoms with Gasteiger partial charge in [0.1, 0.15) is 11.7 Å². The summed E-state index contributed by atoms with van der Waals surface area (Å²) in [4.78, 5) is 11.7. The molecule has 1 saturated carbocycles. The van der Waals surface area contributed by atoms with Crippen LogP contribution in [0.1, 0.15) is 12.8 Å². The van der Waals surface area contributed by atoms with E-state index in [4.69, 9.17) is 11.1 Å². The summed E-state index contributed by atoms with van der Waals surface area (Å²) in [6, 6.07) is 4.61. The number of carbonyl (C=O) groups excluding carboxylic acids is 1. The molecule has 2 amide bonds. The van der Waals surface area contributed by atoms with Crippen LogP contribution in [0.3, 0.4) is 0 Å². The van der Waals surface area contributed by atoms with Gasteiger partial charge in [-0.15, -0.1) is 0 Å². The lowest BCUT2D eigenvalue weighted by atomic mass is 10.2. The predicted octanol–water partition coefficient (Wildman–Crippen LogP) is 1.66. The first kappa shape index (κ1) is 12.3. The Bertz CT molecular complexity index is 456. The minimum atomic E-state index is -0.436. The molecule has 0 saturated heterocycles. The molecule has 6 heteroatoms. The number of benzene rings is 1. The third-order valence-electron chi connectivity index (χ3n) is 2.82. The van der Waals surface area contributed by atoms with E-state index in [9.17, 15) is 9.18 Å². The Balaban J connectivity index is 1.91. The molecular weight excluding hydrogens is 235 g/mol. The van der Waals surface area contributed by atoms with Crippen LogP contribution in [0.5, 0.6) is 0 Å². The number of amidine groups is 1. The molecule has 0 aromatic heterocycles. The van der Waals surface area contributed by atoms with E-state index in [1.54, 1.807) is 0 Å². The number of halogens is 1. The van der Waals surface area contributed by atoms with Crippen molar-refractivity contribution in [1.29, 1.82) is 5.41 Å². The molecule has 2 rings (SSSR count). The molecule has 0 aliphatic heterocycles. The largest absolute Gasteiger partial charge is 0.386 e. The van der Waals surface area contributed by atoms with Crippen molar-refractivity contribution < 1.29 is 9.18 Å². The van der Waals surface area contributed by atoms with Crippen molar-refractivity contribution >= 4 is 17.6 Å². The third-order valence-corrected chi connectivity index (χ3v) is 2.82. The highest BCUT2D eigenvalue weighted by molar-refractivity contribution is 5.94. The number of rotatable bonds is 4. The number of hydrogen-bond donors (Lipinski definition) is 4. The molecule has 1 atom stereocenters. The van der Waals surface area contributed by atoms with Crippen molar-refractivity contribution in [2.24, 2.45) is 11.7 Å². The minimum Gasteiger partial charge on any atom is -0.386 e. The van der Waals surface area contributed by atoms with Crippen molar-refractivity contribution in [2.45, 2.75) is 18.9 Å². The fourth-order valence-electron chi connectivity index (χ4n) is 1.72. The average molecular weight is 250 g/mol. The lowest BCUT2D eigenvalue weighted by Gasteiger charge is -2.17. The van der Waals surface area contributed by atoms with E-state index in [2.05, 4.69) is 10.6 Å².